The lowest BCUT2D eigenvalue weighted by atomic mass is 9.78. The molecule has 1 amide bonds. The Morgan fingerprint density at radius 1 is 0.833 bits per heavy atom. The van der Waals surface area contributed by atoms with Crippen LogP contribution >= 0.6 is 0 Å². The number of rotatable bonds is 10. The highest BCUT2D eigenvalue weighted by Crippen LogP contribution is 2.38. The van der Waals surface area contributed by atoms with E-state index in [0.29, 0.717) is 63.4 Å². The molecule has 78 heavy (non-hydrogen) atoms. The molecule has 0 spiro atoms. The summed E-state index contributed by atoms with van der Waals surface area (Å²) in [7, 11) is 6.04. The van der Waals surface area contributed by atoms with Crippen LogP contribution in [0.1, 0.15) is 126 Å². The molecule has 0 unspecified atom stereocenters. The summed E-state index contributed by atoms with van der Waals surface area (Å²) in [4.78, 5) is 84.0. The summed E-state index contributed by atoms with van der Waals surface area (Å²) >= 11 is 0. The summed E-state index contributed by atoms with van der Waals surface area (Å²) in [6.07, 6.45) is 8.97. The molecule has 19 heteroatoms. The quantitative estimate of drug-likeness (QED) is 0.0555. The number of cyclic esters (lactones) is 1. The van der Waals surface area contributed by atoms with Gasteiger partial charge in [0.2, 0.25) is 5.79 Å². The van der Waals surface area contributed by atoms with Gasteiger partial charge in [0, 0.05) is 77.7 Å². The van der Waals surface area contributed by atoms with Crippen molar-refractivity contribution in [3.8, 4) is 5.75 Å². The summed E-state index contributed by atoms with van der Waals surface area (Å²) in [6.45, 7) is 12.9. The molecule has 1 aromatic rings. The number of aliphatic hydroxyl groups is 2. The second kappa shape index (κ2) is 29.9. The van der Waals surface area contributed by atoms with Gasteiger partial charge >= 0.3 is 12.1 Å². The van der Waals surface area contributed by atoms with Gasteiger partial charge in [0.05, 0.1) is 29.3 Å². The largest absolute Gasteiger partial charge is 0.514 e. The molecule has 4 aliphatic rings. The van der Waals surface area contributed by atoms with Crippen molar-refractivity contribution in [2.24, 2.45) is 35.5 Å². The summed E-state index contributed by atoms with van der Waals surface area (Å²) in [5.41, 5.74) is 1.22. The number of esters is 1. The van der Waals surface area contributed by atoms with Crippen LogP contribution in [0.3, 0.4) is 0 Å². The van der Waals surface area contributed by atoms with Gasteiger partial charge in [0.25, 0.3) is 17.4 Å². The number of amides is 1. The fourth-order valence-corrected chi connectivity index (χ4v) is 11.6. The number of hydrogen-bond acceptors (Lipinski definition) is 17. The Labute approximate surface area is 460 Å². The number of allylic oxidation sites excluding steroid dienone is 5. The Kier molecular flexibility index (Phi) is 24.4. The molecule has 16 atom stereocenters. The third-order valence-electron chi connectivity index (χ3n) is 16.4. The maximum absolute atomic E-state index is 14.9. The number of ketones is 2. The number of carbonyl (C=O) groups is 5. The first-order valence-corrected chi connectivity index (χ1v) is 27.7. The van der Waals surface area contributed by atoms with Crippen molar-refractivity contribution in [2.45, 2.75) is 186 Å². The van der Waals surface area contributed by atoms with Gasteiger partial charge in [-0.2, -0.15) is 0 Å². The van der Waals surface area contributed by atoms with E-state index >= 15 is 0 Å². The zero-order valence-electron chi connectivity index (χ0n) is 47.5. The van der Waals surface area contributed by atoms with E-state index in [1.54, 1.807) is 41.1 Å². The Bertz CT molecular complexity index is 2320. The van der Waals surface area contributed by atoms with Gasteiger partial charge in [0.1, 0.15) is 36.2 Å². The van der Waals surface area contributed by atoms with E-state index in [1.807, 2.05) is 58.1 Å². The van der Waals surface area contributed by atoms with Gasteiger partial charge in [-0.05, 0) is 119 Å². The van der Waals surface area contributed by atoms with Crippen LogP contribution in [-0.4, -0.2) is 145 Å². The molecule has 2 N–H and O–H groups in total. The molecule has 0 aromatic heterocycles. The number of benzene rings is 1. The number of ether oxygens (including phenoxy) is 8. The molecule has 3 heterocycles. The number of nitro groups is 1. The number of piperidine rings is 1. The number of methoxy groups -OCH3 is 4. The highest BCUT2D eigenvalue weighted by Gasteiger charge is 2.53. The SMILES string of the molecule is CO[C@H]1C[C@@H]2CC[C@@H](C)[C@@](O)(O2)C(=O)C(=O)N2CCCC[C@H]2C(=O)O[C@H]([C@H](C)C[C@@H]2CC[C@@H](O)[C@H](OC)C2)C[C@@H](OC(=O)Oc2ccc([N+](=O)[O-])cc2)[C@H](C)/C=C(\C)[C@@H](OC)[C@@H](OC)C(=O)[C@H](C)C[C@H](C)/C=C/C=C/C=C/1C. The maximum Gasteiger partial charge on any atom is 0.514 e. The topological polar surface area (TPSA) is 246 Å². The van der Waals surface area contributed by atoms with Crippen molar-refractivity contribution in [2.75, 3.05) is 35.0 Å². The van der Waals surface area contributed by atoms with E-state index in [9.17, 15) is 44.3 Å². The third-order valence-corrected chi connectivity index (χ3v) is 16.4. The normalized spacial score (nSPS) is 36.3. The Balaban J connectivity index is 1.59. The highest BCUT2D eigenvalue weighted by molar-refractivity contribution is 6.39. The van der Waals surface area contributed by atoms with Crippen LogP contribution in [0.15, 0.2) is 71.9 Å². The molecule has 1 aliphatic carbocycles. The van der Waals surface area contributed by atoms with Gasteiger partial charge in [-0.1, -0.05) is 71.1 Å². The number of non-ortho nitro benzene ring substituents is 1. The van der Waals surface area contributed by atoms with Crippen LogP contribution in [0.2, 0.25) is 0 Å². The van der Waals surface area contributed by atoms with E-state index in [2.05, 4.69) is 0 Å². The average Bonchev–Trinajstić information content (AvgIpc) is 3.43. The first kappa shape index (κ1) is 63.7. The van der Waals surface area contributed by atoms with E-state index < -0.39 is 113 Å². The predicted octanol–water partition coefficient (Wildman–Crippen LogP) is 8.76. The van der Waals surface area contributed by atoms with Crippen LogP contribution in [0.25, 0.3) is 0 Å². The minimum atomic E-state index is -2.49. The second-order valence-electron chi connectivity index (χ2n) is 22.2. The van der Waals surface area contributed by atoms with E-state index in [0.717, 1.165) is 5.57 Å². The Morgan fingerprint density at radius 3 is 2.19 bits per heavy atom. The summed E-state index contributed by atoms with van der Waals surface area (Å²) in [6, 6.07) is 3.66. The van der Waals surface area contributed by atoms with E-state index in [-0.39, 0.29) is 54.9 Å². The lowest BCUT2D eigenvalue weighted by Gasteiger charge is -2.43. The monoisotopic (exact) mass is 1090 g/mol. The zero-order valence-corrected chi connectivity index (χ0v) is 47.5. The van der Waals surface area contributed by atoms with Gasteiger partial charge in [-0.3, -0.25) is 24.5 Å². The Morgan fingerprint density at radius 2 is 1.54 bits per heavy atom. The second-order valence-corrected chi connectivity index (χ2v) is 22.2. The summed E-state index contributed by atoms with van der Waals surface area (Å²) in [5, 5.41) is 34.2. The lowest BCUT2D eigenvalue weighted by Crippen LogP contribution is -2.61. The first-order chi connectivity index (χ1) is 37.0. The molecular formula is C59H86N2O17. The number of hydrogen-bond donors (Lipinski definition) is 2. The minimum absolute atomic E-state index is 0.00393. The molecule has 19 nitrogen and oxygen atoms in total. The smallest absolute Gasteiger partial charge is 0.460 e. The minimum Gasteiger partial charge on any atom is -0.460 e. The number of fused-ring (bicyclic) bond motifs is 3. The molecule has 1 aromatic carbocycles. The zero-order chi connectivity index (χ0) is 57.4. The molecule has 0 radical (unpaired) electrons. The van der Waals surface area contributed by atoms with Gasteiger partial charge < -0.3 is 53.0 Å². The standard InChI is InChI=1S/C59H86N2O17/c1-35-17-13-12-14-18-36(2)48(71-8)33-45-24-20-41(7)59(68,78-45)55(64)56(65)60-28-16-15-19-46(60)57(66)76-49(38(4)31-42-21-27-47(62)51(32-42)72-9)34-50(77-58(67)75-44-25-22-43(23-26-44)61(69)70)37(3)30-40(6)53(73-10)54(74-11)52(63)39(5)29-35/h12-14,17-18,22-23,25-26,30,35,37-39,41-42,45-51,53-54,62,68H,15-16,19-21,24,27-29,31-34H2,1-11H3/b14-12+,17-13+,36-18+,40-30+/t35-,37-,38-,39-,41-,42+,45+,46+,47-,48+,49+,50-,51-,53-,54+,59-/m1/s1. The van der Waals surface area contributed by atoms with Gasteiger partial charge in [-0.25, -0.2) is 9.59 Å². The van der Waals surface area contributed by atoms with Crippen molar-refractivity contribution in [3.63, 3.8) is 0 Å². The first-order valence-electron chi connectivity index (χ1n) is 27.7. The fourth-order valence-electron chi connectivity index (χ4n) is 11.6. The van der Waals surface area contributed by atoms with Crippen LogP contribution in [0.4, 0.5) is 10.5 Å². The van der Waals surface area contributed by atoms with Crippen LogP contribution in [0, 0.1) is 45.6 Å². The molecule has 3 fully saturated rings. The molecule has 3 aliphatic heterocycles. The van der Waals surface area contributed by atoms with E-state index in [4.69, 9.17) is 37.9 Å². The third kappa shape index (κ3) is 16.9. The molecule has 5 rings (SSSR count). The fraction of sp³-hybridized carbons (Fsp3) is 0.678. The van der Waals surface area contributed by atoms with Crippen LogP contribution in [-0.2, 0) is 52.3 Å². The van der Waals surface area contributed by atoms with Crippen LogP contribution in [0.5, 0.6) is 5.75 Å². The number of nitro benzene ring substituents is 1. The maximum atomic E-state index is 14.9. The molecule has 434 valence electrons. The van der Waals surface area contributed by atoms with Crippen molar-refractivity contribution in [1.29, 1.82) is 0 Å². The van der Waals surface area contributed by atoms with Crippen molar-refractivity contribution in [3.05, 3.63) is 82.0 Å². The molecular weight excluding hydrogens is 1010 g/mol. The lowest BCUT2D eigenvalue weighted by molar-refractivity contribution is -0.384. The Hall–Kier alpha value is -5.15. The number of nitrogens with zero attached hydrogens (tertiary/aromatic N) is 2. The van der Waals surface area contributed by atoms with Gasteiger partial charge in [-0.15, -0.1) is 0 Å². The van der Waals surface area contributed by atoms with Crippen molar-refractivity contribution >= 4 is 35.3 Å². The van der Waals surface area contributed by atoms with Crippen molar-refractivity contribution < 1.29 is 77.0 Å². The summed E-state index contributed by atoms with van der Waals surface area (Å²) in [5.74, 6) is -8.02. The van der Waals surface area contributed by atoms with E-state index in [1.165, 1.54) is 43.4 Å². The number of Topliss-reactive ketones (excluding diaryl/α,β-unsaturated/α-hetero) is 2. The van der Waals surface area contributed by atoms with Crippen LogP contribution < -0.4 is 4.74 Å². The average molecular weight is 1100 g/mol. The van der Waals surface area contributed by atoms with Crippen molar-refractivity contribution in [1.82, 2.24) is 4.90 Å². The molecule has 2 saturated heterocycles. The highest BCUT2D eigenvalue weighted by atomic mass is 16.7. The predicted molar refractivity (Wildman–Crippen MR) is 289 cm³/mol. The molecule has 2 bridgehead atoms. The van der Waals surface area contributed by atoms with Gasteiger partial charge in [0.15, 0.2) is 5.78 Å². The molecule has 1 saturated carbocycles. The summed E-state index contributed by atoms with van der Waals surface area (Å²) < 4.78 is 47.8. The number of aliphatic hydroxyl groups excluding tert-OH is 1. The number of carbonyl (C=O) groups excluding carboxylic acids is 5.